The molecular formula is C20H23FN4O. The summed E-state index contributed by atoms with van der Waals surface area (Å²) in [6.45, 7) is 0.995. The fourth-order valence-corrected chi connectivity index (χ4v) is 2.96. The molecule has 1 aromatic heterocycles. The van der Waals surface area contributed by atoms with Crippen LogP contribution in [-0.4, -0.2) is 30.0 Å². The summed E-state index contributed by atoms with van der Waals surface area (Å²) in [7, 11) is 0. The Kier molecular flexibility index (Phi) is 5.65. The zero-order valence-electron chi connectivity index (χ0n) is 14.5. The Morgan fingerprint density at radius 2 is 1.96 bits per heavy atom. The first-order valence-electron chi connectivity index (χ1n) is 8.70. The van der Waals surface area contributed by atoms with Crippen LogP contribution in [0.15, 0.2) is 48.5 Å². The van der Waals surface area contributed by atoms with Gasteiger partial charge in [0.2, 0.25) is 0 Å². The lowest BCUT2D eigenvalue weighted by molar-refractivity contribution is 0.0946. The van der Waals surface area contributed by atoms with Gasteiger partial charge in [0.25, 0.3) is 5.91 Å². The fourth-order valence-electron chi connectivity index (χ4n) is 2.96. The Bertz CT molecular complexity index is 888. The molecule has 3 aromatic rings. The Balaban J connectivity index is 1.80. The second kappa shape index (κ2) is 8.12. The number of carbonyl (C=O) groups is 1. The number of nitrogens with one attached hydrogen (secondary N) is 2. The van der Waals surface area contributed by atoms with Gasteiger partial charge in [-0.25, -0.2) is 4.39 Å². The van der Waals surface area contributed by atoms with Crippen LogP contribution in [0.25, 0.3) is 22.0 Å². The molecule has 0 aliphatic carbocycles. The highest BCUT2D eigenvalue weighted by atomic mass is 19.1. The lowest BCUT2D eigenvalue weighted by atomic mass is 10.0. The van der Waals surface area contributed by atoms with Crippen LogP contribution < -0.4 is 16.8 Å². The van der Waals surface area contributed by atoms with Crippen molar-refractivity contribution in [2.24, 2.45) is 11.5 Å². The summed E-state index contributed by atoms with van der Waals surface area (Å²) in [4.78, 5) is 15.5. The minimum absolute atomic E-state index is 0.110. The van der Waals surface area contributed by atoms with Crippen LogP contribution in [-0.2, 0) is 0 Å². The molecule has 2 aromatic carbocycles. The number of fused-ring (bicyclic) bond motifs is 1. The van der Waals surface area contributed by atoms with Gasteiger partial charge >= 0.3 is 0 Å². The number of H-pyrrole nitrogens is 1. The molecule has 0 spiro atoms. The SMILES string of the molecule is NCCC[C@H](N)CNC(=O)c1cc2c(-c3ccc(F)cc3)cccc2[nH]1. The maximum Gasteiger partial charge on any atom is 0.267 e. The molecule has 0 fully saturated rings. The van der Waals surface area contributed by atoms with Crippen molar-refractivity contribution < 1.29 is 9.18 Å². The molecule has 5 nitrogen and oxygen atoms in total. The third kappa shape index (κ3) is 4.09. The summed E-state index contributed by atoms with van der Waals surface area (Å²) in [5.41, 5.74) is 14.6. The van der Waals surface area contributed by atoms with Gasteiger partial charge in [0, 0.05) is 23.5 Å². The van der Waals surface area contributed by atoms with Gasteiger partial charge in [-0.2, -0.15) is 0 Å². The van der Waals surface area contributed by atoms with Gasteiger partial charge in [0.05, 0.1) is 0 Å². The zero-order valence-corrected chi connectivity index (χ0v) is 14.5. The molecule has 0 saturated heterocycles. The average molecular weight is 354 g/mol. The molecule has 0 bridgehead atoms. The topological polar surface area (TPSA) is 96.9 Å². The van der Waals surface area contributed by atoms with E-state index in [1.165, 1.54) is 12.1 Å². The number of rotatable bonds is 7. The van der Waals surface area contributed by atoms with Crippen LogP contribution in [0, 0.1) is 5.82 Å². The van der Waals surface area contributed by atoms with Crippen LogP contribution in [0.4, 0.5) is 4.39 Å². The number of benzene rings is 2. The van der Waals surface area contributed by atoms with E-state index in [2.05, 4.69) is 10.3 Å². The normalized spacial score (nSPS) is 12.3. The van der Waals surface area contributed by atoms with Crippen molar-refractivity contribution in [2.75, 3.05) is 13.1 Å². The third-order valence-corrected chi connectivity index (χ3v) is 4.37. The Labute approximate surface area is 151 Å². The molecule has 0 radical (unpaired) electrons. The van der Waals surface area contributed by atoms with Crippen molar-refractivity contribution in [3.05, 3.63) is 60.0 Å². The van der Waals surface area contributed by atoms with Crippen molar-refractivity contribution in [3.63, 3.8) is 0 Å². The molecule has 6 heteroatoms. The quantitative estimate of drug-likeness (QED) is 0.525. The van der Waals surface area contributed by atoms with E-state index in [4.69, 9.17) is 11.5 Å². The lowest BCUT2D eigenvalue weighted by Gasteiger charge is -2.11. The van der Waals surface area contributed by atoms with E-state index in [1.54, 1.807) is 12.1 Å². The molecular weight excluding hydrogens is 331 g/mol. The molecule has 1 atom stereocenters. The van der Waals surface area contributed by atoms with Gasteiger partial charge in [-0.3, -0.25) is 4.79 Å². The number of hydrogen-bond donors (Lipinski definition) is 4. The maximum atomic E-state index is 13.2. The van der Waals surface area contributed by atoms with Crippen LogP contribution in [0.1, 0.15) is 23.3 Å². The third-order valence-electron chi connectivity index (χ3n) is 4.37. The lowest BCUT2D eigenvalue weighted by Crippen LogP contribution is -2.37. The summed E-state index contributed by atoms with van der Waals surface area (Å²) >= 11 is 0. The Hall–Kier alpha value is -2.70. The second-order valence-electron chi connectivity index (χ2n) is 6.36. The molecule has 3 rings (SSSR count). The first-order chi connectivity index (χ1) is 12.6. The molecule has 0 saturated carbocycles. The van der Waals surface area contributed by atoms with Crippen LogP contribution in [0.5, 0.6) is 0 Å². The van der Waals surface area contributed by atoms with Crippen molar-refractivity contribution in [2.45, 2.75) is 18.9 Å². The van der Waals surface area contributed by atoms with E-state index >= 15 is 0 Å². The predicted molar refractivity (Wildman–Crippen MR) is 102 cm³/mol. The number of carbonyl (C=O) groups excluding carboxylic acids is 1. The Morgan fingerprint density at radius 1 is 1.19 bits per heavy atom. The van der Waals surface area contributed by atoms with Gasteiger partial charge in [-0.15, -0.1) is 0 Å². The Morgan fingerprint density at radius 3 is 2.69 bits per heavy atom. The number of aromatic nitrogens is 1. The number of amides is 1. The van der Waals surface area contributed by atoms with Crippen molar-refractivity contribution in [1.29, 1.82) is 0 Å². The fraction of sp³-hybridized carbons (Fsp3) is 0.250. The minimum atomic E-state index is -0.277. The van der Waals surface area contributed by atoms with Gasteiger partial charge in [-0.05, 0) is 54.8 Å². The minimum Gasteiger partial charge on any atom is -0.351 e. The van der Waals surface area contributed by atoms with E-state index in [0.717, 1.165) is 34.9 Å². The monoisotopic (exact) mass is 354 g/mol. The summed E-state index contributed by atoms with van der Waals surface area (Å²) in [5.74, 6) is -0.476. The van der Waals surface area contributed by atoms with Crippen LogP contribution in [0.2, 0.25) is 0 Å². The highest BCUT2D eigenvalue weighted by Crippen LogP contribution is 2.29. The zero-order chi connectivity index (χ0) is 18.5. The standard InChI is InChI=1S/C20H23FN4O/c21-14-8-6-13(7-9-14)16-4-1-5-18-17(16)11-19(25-18)20(26)24-12-15(23)3-2-10-22/h1,4-9,11,15,25H,2-3,10,12,22-23H2,(H,24,26)/t15-/m0/s1. The second-order valence-corrected chi connectivity index (χ2v) is 6.36. The summed E-state index contributed by atoms with van der Waals surface area (Å²) in [6, 6.07) is 13.8. The van der Waals surface area contributed by atoms with E-state index in [-0.39, 0.29) is 17.8 Å². The van der Waals surface area contributed by atoms with E-state index in [0.29, 0.717) is 18.8 Å². The smallest absolute Gasteiger partial charge is 0.267 e. The van der Waals surface area contributed by atoms with Gasteiger partial charge in [0.1, 0.15) is 11.5 Å². The van der Waals surface area contributed by atoms with Gasteiger partial charge in [0.15, 0.2) is 0 Å². The molecule has 26 heavy (non-hydrogen) atoms. The largest absolute Gasteiger partial charge is 0.351 e. The first-order valence-corrected chi connectivity index (χ1v) is 8.70. The predicted octanol–water partition coefficient (Wildman–Crippen LogP) is 2.77. The van der Waals surface area contributed by atoms with Crippen LogP contribution in [0.3, 0.4) is 0 Å². The maximum absolute atomic E-state index is 13.2. The highest BCUT2D eigenvalue weighted by Gasteiger charge is 2.13. The molecule has 136 valence electrons. The summed E-state index contributed by atoms with van der Waals surface area (Å²) < 4.78 is 13.2. The molecule has 0 aliphatic rings. The number of halogens is 1. The van der Waals surface area contributed by atoms with Crippen molar-refractivity contribution in [1.82, 2.24) is 10.3 Å². The molecule has 0 unspecified atom stereocenters. The average Bonchev–Trinajstić information content (AvgIpc) is 3.09. The highest BCUT2D eigenvalue weighted by molar-refractivity contribution is 6.02. The molecule has 6 N–H and O–H groups in total. The van der Waals surface area contributed by atoms with E-state index in [9.17, 15) is 9.18 Å². The first kappa shape index (κ1) is 18.1. The number of nitrogens with two attached hydrogens (primary N) is 2. The summed E-state index contributed by atoms with van der Waals surface area (Å²) in [5, 5.41) is 3.76. The van der Waals surface area contributed by atoms with Crippen LogP contribution >= 0.6 is 0 Å². The number of aromatic amines is 1. The molecule has 0 aliphatic heterocycles. The van der Waals surface area contributed by atoms with Crippen molar-refractivity contribution in [3.8, 4) is 11.1 Å². The number of hydrogen-bond acceptors (Lipinski definition) is 3. The molecule has 1 heterocycles. The van der Waals surface area contributed by atoms with E-state index in [1.807, 2.05) is 24.3 Å². The van der Waals surface area contributed by atoms with Crippen molar-refractivity contribution >= 4 is 16.8 Å². The van der Waals surface area contributed by atoms with Gasteiger partial charge in [-0.1, -0.05) is 24.3 Å². The van der Waals surface area contributed by atoms with E-state index < -0.39 is 0 Å². The summed E-state index contributed by atoms with van der Waals surface area (Å²) in [6.07, 6.45) is 1.61. The van der Waals surface area contributed by atoms with Gasteiger partial charge < -0.3 is 21.8 Å². The molecule has 1 amide bonds.